The molecule has 1 aliphatic carbocycles. The molecule has 0 bridgehead atoms. The molecule has 1 aliphatic heterocycles. The number of amides is 3. The van der Waals surface area contributed by atoms with Crippen molar-refractivity contribution >= 4 is 18.2 Å². The Morgan fingerprint density at radius 1 is 1.20 bits per heavy atom. The molecule has 1 saturated heterocycles. The standard InChI is InChI=1S/C14H23N3O3/c1-2-3-6-15-12(19)14(4-5-14)13(20)17-9-7-16(11-18)8-10-17/h11H,2-10H2,1H3,(H,15,19). The highest BCUT2D eigenvalue weighted by Crippen LogP contribution is 2.47. The van der Waals surface area contributed by atoms with E-state index in [1.165, 1.54) is 0 Å². The number of rotatable bonds is 6. The van der Waals surface area contributed by atoms with Gasteiger partial charge >= 0.3 is 0 Å². The molecule has 6 nitrogen and oxygen atoms in total. The molecule has 0 unspecified atom stereocenters. The van der Waals surface area contributed by atoms with Crippen molar-refractivity contribution in [3.05, 3.63) is 0 Å². The van der Waals surface area contributed by atoms with Crippen LogP contribution in [0.15, 0.2) is 0 Å². The fourth-order valence-electron chi connectivity index (χ4n) is 2.54. The summed E-state index contributed by atoms with van der Waals surface area (Å²) in [6.45, 7) is 4.88. The molecule has 0 aromatic rings. The summed E-state index contributed by atoms with van der Waals surface area (Å²) in [6, 6.07) is 0. The summed E-state index contributed by atoms with van der Waals surface area (Å²) in [5, 5.41) is 2.87. The summed E-state index contributed by atoms with van der Waals surface area (Å²) in [4.78, 5) is 38.7. The van der Waals surface area contributed by atoms with Crippen LogP contribution in [0.25, 0.3) is 0 Å². The monoisotopic (exact) mass is 281 g/mol. The minimum absolute atomic E-state index is 0.0583. The van der Waals surface area contributed by atoms with Crippen LogP contribution >= 0.6 is 0 Å². The number of hydrogen-bond donors (Lipinski definition) is 1. The third kappa shape index (κ3) is 2.94. The Morgan fingerprint density at radius 2 is 1.85 bits per heavy atom. The van der Waals surface area contributed by atoms with E-state index in [1.807, 2.05) is 0 Å². The van der Waals surface area contributed by atoms with E-state index in [1.54, 1.807) is 9.80 Å². The van der Waals surface area contributed by atoms with E-state index in [9.17, 15) is 14.4 Å². The van der Waals surface area contributed by atoms with Crippen molar-refractivity contribution in [1.82, 2.24) is 15.1 Å². The first-order valence-electron chi connectivity index (χ1n) is 7.41. The number of unbranched alkanes of at least 4 members (excludes halogenated alkanes) is 1. The first-order chi connectivity index (χ1) is 9.64. The minimum atomic E-state index is -0.808. The van der Waals surface area contributed by atoms with Crippen LogP contribution < -0.4 is 5.32 Å². The van der Waals surface area contributed by atoms with Crippen LogP contribution in [0.5, 0.6) is 0 Å². The third-order valence-electron chi connectivity index (χ3n) is 4.16. The fraction of sp³-hybridized carbons (Fsp3) is 0.786. The lowest BCUT2D eigenvalue weighted by atomic mass is 10.0. The van der Waals surface area contributed by atoms with Gasteiger partial charge in [-0.25, -0.2) is 0 Å². The first-order valence-corrected chi connectivity index (χ1v) is 7.41. The van der Waals surface area contributed by atoms with Gasteiger partial charge in [0, 0.05) is 32.7 Å². The average Bonchev–Trinajstić information content (AvgIpc) is 3.28. The van der Waals surface area contributed by atoms with Crippen LogP contribution in [0.4, 0.5) is 0 Å². The topological polar surface area (TPSA) is 69.7 Å². The molecule has 2 rings (SSSR count). The predicted molar refractivity (Wildman–Crippen MR) is 73.8 cm³/mol. The van der Waals surface area contributed by atoms with Gasteiger partial charge in [-0.2, -0.15) is 0 Å². The van der Waals surface area contributed by atoms with Crippen molar-refractivity contribution in [2.45, 2.75) is 32.6 Å². The van der Waals surface area contributed by atoms with Crippen molar-refractivity contribution in [1.29, 1.82) is 0 Å². The zero-order valence-corrected chi connectivity index (χ0v) is 12.1. The van der Waals surface area contributed by atoms with Crippen molar-refractivity contribution in [3.8, 4) is 0 Å². The van der Waals surface area contributed by atoms with Crippen LogP contribution in [0.3, 0.4) is 0 Å². The lowest BCUT2D eigenvalue weighted by molar-refractivity contribution is -0.146. The Kier molecular flexibility index (Phi) is 4.62. The van der Waals surface area contributed by atoms with Crippen molar-refractivity contribution < 1.29 is 14.4 Å². The molecular weight excluding hydrogens is 258 g/mol. The predicted octanol–water partition coefficient (Wildman–Crippen LogP) is -0.0165. The quantitative estimate of drug-likeness (QED) is 0.423. The molecule has 2 fully saturated rings. The van der Waals surface area contributed by atoms with Gasteiger partial charge in [0.15, 0.2) is 0 Å². The van der Waals surface area contributed by atoms with Crippen molar-refractivity contribution in [3.63, 3.8) is 0 Å². The van der Waals surface area contributed by atoms with E-state index in [0.717, 1.165) is 19.3 Å². The summed E-state index contributed by atoms with van der Waals surface area (Å²) < 4.78 is 0. The Hall–Kier alpha value is -1.59. The molecule has 0 aromatic carbocycles. The van der Waals surface area contributed by atoms with E-state index in [4.69, 9.17) is 0 Å². The van der Waals surface area contributed by atoms with Gasteiger partial charge in [0.2, 0.25) is 18.2 Å². The maximum absolute atomic E-state index is 12.5. The number of piperazine rings is 1. The van der Waals surface area contributed by atoms with E-state index in [2.05, 4.69) is 12.2 Å². The van der Waals surface area contributed by atoms with Gasteiger partial charge in [-0.3, -0.25) is 14.4 Å². The number of nitrogens with one attached hydrogen (secondary N) is 1. The molecule has 2 aliphatic rings. The van der Waals surface area contributed by atoms with Gasteiger partial charge in [0.1, 0.15) is 5.41 Å². The van der Waals surface area contributed by atoms with Crippen LogP contribution in [0, 0.1) is 5.41 Å². The SMILES string of the molecule is CCCCNC(=O)C1(C(=O)N2CCN(C=O)CC2)CC1. The maximum Gasteiger partial charge on any atom is 0.238 e. The summed E-state index contributed by atoms with van der Waals surface area (Å²) >= 11 is 0. The van der Waals surface area contributed by atoms with Gasteiger partial charge < -0.3 is 15.1 Å². The van der Waals surface area contributed by atoms with E-state index >= 15 is 0 Å². The van der Waals surface area contributed by atoms with Crippen molar-refractivity contribution in [2.75, 3.05) is 32.7 Å². The summed E-state index contributed by atoms with van der Waals surface area (Å²) in [7, 11) is 0. The van der Waals surface area contributed by atoms with E-state index in [0.29, 0.717) is 45.6 Å². The first kappa shape index (κ1) is 14.8. The molecule has 0 radical (unpaired) electrons. The van der Waals surface area contributed by atoms with Crippen LogP contribution in [-0.2, 0) is 14.4 Å². The number of hydrogen-bond acceptors (Lipinski definition) is 3. The number of carbonyl (C=O) groups is 3. The molecule has 3 amide bonds. The fourth-order valence-corrected chi connectivity index (χ4v) is 2.54. The molecule has 112 valence electrons. The molecule has 0 spiro atoms. The lowest BCUT2D eigenvalue weighted by Crippen LogP contribution is -2.53. The van der Waals surface area contributed by atoms with Gasteiger partial charge in [-0.1, -0.05) is 13.3 Å². The molecule has 1 N–H and O–H groups in total. The molecule has 6 heteroatoms. The molecular formula is C14H23N3O3. The highest BCUT2D eigenvalue weighted by Gasteiger charge is 2.57. The smallest absolute Gasteiger partial charge is 0.238 e. The summed E-state index contributed by atoms with van der Waals surface area (Å²) in [5.74, 6) is -0.175. The molecule has 1 heterocycles. The lowest BCUT2D eigenvalue weighted by Gasteiger charge is -2.34. The van der Waals surface area contributed by atoms with Gasteiger partial charge in [-0.15, -0.1) is 0 Å². The van der Waals surface area contributed by atoms with Crippen LogP contribution in [0.1, 0.15) is 32.6 Å². The van der Waals surface area contributed by atoms with E-state index in [-0.39, 0.29) is 11.8 Å². The summed E-state index contributed by atoms with van der Waals surface area (Å²) in [5.41, 5.74) is -0.808. The van der Waals surface area contributed by atoms with Crippen LogP contribution in [-0.4, -0.2) is 60.7 Å². The number of carbonyl (C=O) groups excluding carboxylic acids is 3. The second kappa shape index (κ2) is 6.24. The second-order valence-corrected chi connectivity index (χ2v) is 5.63. The number of nitrogens with zero attached hydrogens (tertiary/aromatic N) is 2. The Balaban J connectivity index is 1.88. The summed E-state index contributed by atoms with van der Waals surface area (Å²) in [6.07, 6.45) is 4.07. The van der Waals surface area contributed by atoms with Gasteiger partial charge in [0.25, 0.3) is 0 Å². The molecule has 0 atom stereocenters. The van der Waals surface area contributed by atoms with Gasteiger partial charge in [0.05, 0.1) is 0 Å². The highest BCUT2D eigenvalue weighted by molar-refractivity contribution is 6.07. The second-order valence-electron chi connectivity index (χ2n) is 5.63. The molecule has 1 saturated carbocycles. The third-order valence-corrected chi connectivity index (χ3v) is 4.16. The minimum Gasteiger partial charge on any atom is -0.355 e. The Morgan fingerprint density at radius 3 is 2.35 bits per heavy atom. The van der Waals surface area contributed by atoms with Crippen LogP contribution in [0.2, 0.25) is 0 Å². The molecule has 0 aromatic heterocycles. The van der Waals surface area contributed by atoms with Gasteiger partial charge in [-0.05, 0) is 19.3 Å². The average molecular weight is 281 g/mol. The van der Waals surface area contributed by atoms with Crippen molar-refractivity contribution in [2.24, 2.45) is 5.41 Å². The normalized spacial score (nSPS) is 20.4. The van der Waals surface area contributed by atoms with E-state index < -0.39 is 5.41 Å². The highest BCUT2D eigenvalue weighted by atomic mass is 16.2. The zero-order valence-electron chi connectivity index (χ0n) is 12.1. The maximum atomic E-state index is 12.5. The largest absolute Gasteiger partial charge is 0.355 e. The Bertz CT molecular complexity index is 385. The Labute approximate surface area is 119 Å². The molecule has 20 heavy (non-hydrogen) atoms. The zero-order chi connectivity index (χ0) is 14.6.